The molecule has 708 valence electrons. The number of ether oxygens (including phenoxy) is 6. The number of methoxy groups -OCH3 is 6. The summed E-state index contributed by atoms with van der Waals surface area (Å²) in [5, 5.41) is 22.5. The molecule has 0 saturated heterocycles. The third kappa shape index (κ3) is 34.1. The van der Waals surface area contributed by atoms with Gasteiger partial charge in [-0.2, -0.15) is 44.5 Å². The van der Waals surface area contributed by atoms with Crippen LogP contribution in [0.15, 0.2) is 167 Å². The topological polar surface area (TPSA) is 286 Å². The van der Waals surface area contributed by atoms with Crippen molar-refractivity contribution in [1.29, 1.82) is 0 Å². The Hall–Kier alpha value is -12.4. The standard InChI is InChI=1S/C24H25F3N2O2.2C19H23F3N2O3.C18H21F2NO2.C16H19F2N3O2/c1-3-21(30)28-20-15-18(12-9-16-10-13-19(14-11-16)24(25,26)27)23(31-2)29-22(20)17-7-5-4-6-8-17;1-4-16(25)23-15-11-13(17(26-2)24-18(15)27-3)8-5-12-6-9-14(10-7-12)19(20,21)22;1-3-17(26)23-15-10-13(18(27-2)24-16(15)11-25)7-4-12-5-8-14(9-6-12)19(20,21)22;1-3-17(22)21-15-6-7-16(23-2)14(12-15)5-4-13-8-10-18(19,20)11-9-13;1-3-14(22)21-15-19-10-13(23-2)12(20-15)5-4-11-6-8-16(17,18)9-7-11/h3-9,12,15-16,19H,1,10-11,13-14H2,2H3,(H,28,30);4-5,8,11-12,14H,1,6-7,9-10H2,2-3H3,(H,23,25);3-4,7,10,12,14,25H,1,5-6,8-9,11H2,2H3,(H,23,26);3-7,12-13H,1,8-11H2,2H3,(H,21,22);3-5,10-11H,1,6-9H2,2H3,(H,19,20,21,22)/b12-9+;8-5+;7-4+;2*5-4+. The minimum absolute atomic E-state index is 0.0389. The maximum Gasteiger partial charge on any atom is 0.391 e. The SMILES string of the molecule is C=CC(=O)Nc1cc(/C=C/C2CCC(C(F)(F)F)CC2)c(OC)nc1-c1ccccc1.C=CC(=O)Nc1cc(/C=C/C2CCC(C(F)(F)F)CC2)c(OC)nc1CO.C=CC(=O)Nc1cc(/C=C/C2CCC(C(F)(F)F)CC2)c(OC)nc1OC.C=CC(=O)Nc1ccc(OC)c(/C=C/C2CCC(F)(F)CC2)c1.C=CC(=O)Nc1ncc(OC)c(/C=C/C2CCC(F)(F)CC2)n1. The number of carbonyl (C=O) groups is 5. The highest BCUT2D eigenvalue weighted by molar-refractivity contribution is 6.03. The van der Waals surface area contributed by atoms with Gasteiger partial charge in [0.15, 0.2) is 5.75 Å². The fourth-order valence-corrected chi connectivity index (χ4v) is 15.0. The van der Waals surface area contributed by atoms with Crippen molar-refractivity contribution < 1.29 is 115 Å². The molecule has 4 heterocycles. The number of nitrogens with one attached hydrogen (secondary N) is 5. The summed E-state index contributed by atoms with van der Waals surface area (Å²) in [5.41, 5.74) is 6.48. The quantitative estimate of drug-likeness (QED) is 0.0197. The summed E-state index contributed by atoms with van der Waals surface area (Å²) in [5.74, 6) is -7.91. The summed E-state index contributed by atoms with van der Waals surface area (Å²) < 4.78 is 199. The van der Waals surface area contributed by atoms with E-state index in [1.54, 1.807) is 61.7 Å². The van der Waals surface area contributed by atoms with Crippen molar-refractivity contribution in [3.05, 3.63) is 200 Å². The maximum atomic E-state index is 13.2. The first-order chi connectivity index (χ1) is 62.2. The Balaban J connectivity index is 0.000000225. The summed E-state index contributed by atoms with van der Waals surface area (Å²) in [6.45, 7) is 16.6. The van der Waals surface area contributed by atoms with Crippen LogP contribution in [-0.4, -0.2) is 133 Å². The third-order valence-corrected chi connectivity index (χ3v) is 22.4. The molecule has 6 aromatic rings. The minimum Gasteiger partial charge on any atom is -0.496 e. The molecule has 6 N–H and O–H groups in total. The number of hydrogen-bond donors (Lipinski definition) is 6. The Bertz CT molecular complexity index is 4760. The van der Waals surface area contributed by atoms with E-state index in [9.17, 15) is 86.2 Å². The van der Waals surface area contributed by atoms with Crippen molar-refractivity contribution in [3.8, 4) is 46.3 Å². The number of halogens is 13. The van der Waals surface area contributed by atoms with E-state index in [0.29, 0.717) is 138 Å². The van der Waals surface area contributed by atoms with E-state index < -0.39 is 72.5 Å². The summed E-state index contributed by atoms with van der Waals surface area (Å²) in [6, 6.07) is 19.7. The van der Waals surface area contributed by atoms with Crippen LogP contribution in [0.2, 0.25) is 0 Å². The van der Waals surface area contributed by atoms with E-state index in [-0.39, 0.29) is 129 Å². The monoisotopic (exact) mass is 1840 g/mol. The van der Waals surface area contributed by atoms with Gasteiger partial charge in [0, 0.05) is 59.2 Å². The smallest absolute Gasteiger partial charge is 0.391 e. The molecule has 0 spiro atoms. The predicted octanol–water partition coefficient (Wildman–Crippen LogP) is 23.1. The van der Waals surface area contributed by atoms with Crippen molar-refractivity contribution in [2.75, 3.05) is 69.2 Å². The van der Waals surface area contributed by atoms with Gasteiger partial charge in [-0.15, -0.1) is 0 Å². The van der Waals surface area contributed by atoms with Crippen LogP contribution in [0.4, 0.5) is 85.8 Å². The molecule has 0 unspecified atom stereocenters. The lowest BCUT2D eigenvalue weighted by Gasteiger charge is -2.28. The molecular weight excluding hydrogens is 1730 g/mol. The van der Waals surface area contributed by atoms with Gasteiger partial charge in [-0.25, -0.2) is 37.5 Å². The molecule has 2 aromatic carbocycles. The zero-order chi connectivity index (χ0) is 96.2. The van der Waals surface area contributed by atoms with Crippen molar-refractivity contribution in [1.82, 2.24) is 24.9 Å². The van der Waals surface area contributed by atoms with Crippen LogP contribution in [0.5, 0.6) is 35.0 Å². The number of allylic oxidation sites excluding steroid dienone is 5. The highest BCUT2D eigenvalue weighted by Gasteiger charge is 2.44. The Kier molecular flexibility index (Phi) is 40.9. The first kappa shape index (κ1) is 106. The van der Waals surface area contributed by atoms with Gasteiger partial charge in [-0.1, -0.05) is 118 Å². The molecule has 5 saturated carbocycles. The summed E-state index contributed by atoms with van der Waals surface area (Å²) in [7, 11) is 8.85. The van der Waals surface area contributed by atoms with Gasteiger partial charge in [0.1, 0.15) is 17.1 Å². The second-order valence-electron chi connectivity index (χ2n) is 31.4. The number of benzene rings is 2. The zero-order valence-corrected chi connectivity index (χ0v) is 73.7. The van der Waals surface area contributed by atoms with E-state index in [1.807, 2.05) is 72.9 Å². The number of amides is 5. The second kappa shape index (κ2) is 50.7. The Morgan fingerprint density at radius 1 is 0.397 bits per heavy atom. The van der Waals surface area contributed by atoms with Crippen LogP contribution in [0.25, 0.3) is 41.6 Å². The van der Waals surface area contributed by atoms with Crippen molar-refractivity contribution in [3.63, 3.8) is 0 Å². The van der Waals surface area contributed by atoms with Gasteiger partial charge in [-0.05, 0) is 205 Å². The number of aliphatic hydroxyl groups is 1. The number of carbonyl (C=O) groups excluding carboxylic acids is 5. The molecule has 5 aliphatic carbocycles. The molecular formula is C96H111F13N10O12. The summed E-state index contributed by atoms with van der Waals surface area (Å²) >= 11 is 0. The molecule has 0 atom stereocenters. The van der Waals surface area contributed by atoms with Gasteiger partial charge in [0.05, 0.1) is 96.0 Å². The highest BCUT2D eigenvalue weighted by atomic mass is 19.4. The first-order valence-electron chi connectivity index (χ1n) is 42.3. The van der Waals surface area contributed by atoms with E-state index in [2.05, 4.69) is 84.4 Å². The molecule has 0 radical (unpaired) electrons. The molecule has 0 aliphatic heterocycles. The summed E-state index contributed by atoms with van der Waals surface area (Å²) in [6.07, 6.45) is 18.3. The fourth-order valence-electron chi connectivity index (χ4n) is 15.0. The van der Waals surface area contributed by atoms with Gasteiger partial charge in [0.2, 0.25) is 70.8 Å². The van der Waals surface area contributed by atoms with E-state index in [0.717, 1.165) is 29.4 Å². The van der Waals surface area contributed by atoms with Gasteiger partial charge in [0.25, 0.3) is 0 Å². The zero-order valence-electron chi connectivity index (χ0n) is 73.7. The Morgan fingerprint density at radius 2 is 0.756 bits per heavy atom. The first-order valence-corrected chi connectivity index (χ1v) is 42.3. The lowest BCUT2D eigenvalue weighted by Crippen LogP contribution is -2.27. The van der Waals surface area contributed by atoms with Crippen LogP contribution in [0, 0.1) is 47.3 Å². The van der Waals surface area contributed by atoms with Crippen molar-refractivity contribution in [2.45, 2.75) is 165 Å². The van der Waals surface area contributed by atoms with E-state index in [1.165, 1.54) is 53.9 Å². The van der Waals surface area contributed by atoms with Gasteiger partial charge in [-0.3, -0.25) is 29.3 Å². The summed E-state index contributed by atoms with van der Waals surface area (Å²) in [4.78, 5) is 78.9. The average Bonchev–Trinajstić information content (AvgIpc) is 0.806. The van der Waals surface area contributed by atoms with Gasteiger partial charge < -0.3 is 54.8 Å². The number of aromatic nitrogens is 5. The molecule has 5 aliphatic rings. The van der Waals surface area contributed by atoms with Crippen LogP contribution >= 0.6 is 0 Å². The number of rotatable bonds is 28. The maximum absolute atomic E-state index is 13.2. The predicted molar refractivity (Wildman–Crippen MR) is 479 cm³/mol. The largest absolute Gasteiger partial charge is 0.496 e. The molecule has 11 rings (SSSR count). The number of aliphatic hydroxyl groups excluding tert-OH is 1. The molecule has 5 fully saturated rings. The lowest BCUT2D eigenvalue weighted by molar-refractivity contribution is -0.183. The number of pyridine rings is 3. The van der Waals surface area contributed by atoms with Gasteiger partial charge >= 0.3 is 18.5 Å². The molecule has 131 heavy (non-hydrogen) atoms. The third-order valence-electron chi connectivity index (χ3n) is 22.4. The van der Waals surface area contributed by atoms with E-state index >= 15 is 0 Å². The molecule has 4 aromatic heterocycles. The normalized spacial score (nSPS) is 19.2. The molecule has 0 bridgehead atoms. The fraction of sp³-hybridized carbons (Fsp3) is 0.417. The highest BCUT2D eigenvalue weighted by Crippen LogP contribution is 2.46. The van der Waals surface area contributed by atoms with Crippen LogP contribution in [0.1, 0.15) is 162 Å². The Labute approximate surface area is 753 Å². The second-order valence-corrected chi connectivity index (χ2v) is 31.4. The molecule has 35 heteroatoms. The Morgan fingerprint density at radius 3 is 1.16 bits per heavy atom. The van der Waals surface area contributed by atoms with Crippen LogP contribution in [0.3, 0.4) is 0 Å². The van der Waals surface area contributed by atoms with E-state index in [4.69, 9.17) is 28.4 Å². The number of hydrogen-bond acceptors (Lipinski definition) is 17. The van der Waals surface area contributed by atoms with Crippen LogP contribution < -0.4 is 55.0 Å². The number of alkyl halides is 13. The van der Waals surface area contributed by atoms with Crippen molar-refractivity contribution >= 4 is 88.6 Å². The molecule has 5 amide bonds. The number of nitrogens with zero attached hydrogens (tertiary/aromatic N) is 5. The number of anilines is 5. The molecule has 22 nitrogen and oxygen atoms in total. The van der Waals surface area contributed by atoms with Crippen molar-refractivity contribution in [2.24, 2.45) is 47.3 Å². The minimum atomic E-state index is -4.12. The van der Waals surface area contributed by atoms with Crippen LogP contribution in [-0.2, 0) is 30.6 Å². The lowest BCUT2D eigenvalue weighted by atomic mass is 9.81. The average molecular weight is 1840 g/mol.